The fourth-order valence-corrected chi connectivity index (χ4v) is 5.29. The van der Waals surface area contributed by atoms with E-state index in [2.05, 4.69) is 45.9 Å². The lowest BCUT2D eigenvalue weighted by Crippen LogP contribution is -2.41. The van der Waals surface area contributed by atoms with Gasteiger partial charge in [-0.1, -0.05) is 18.2 Å². The molecule has 0 bridgehead atoms. The van der Waals surface area contributed by atoms with Gasteiger partial charge in [0.2, 0.25) is 5.91 Å². The summed E-state index contributed by atoms with van der Waals surface area (Å²) in [6, 6.07) is 12.5. The van der Waals surface area contributed by atoms with Gasteiger partial charge in [-0.25, -0.2) is 4.98 Å². The van der Waals surface area contributed by atoms with Crippen LogP contribution in [0.15, 0.2) is 41.8 Å². The number of rotatable bonds is 6. The zero-order valence-electron chi connectivity index (χ0n) is 14.7. The number of aromatic nitrogens is 1. The van der Waals surface area contributed by atoms with E-state index < -0.39 is 0 Å². The van der Waals surface area contributed by atoms with Gasteiger partial charge in [-0.2, -0.15) is 0 Å². The monoisotopic (exact) mass is 385 g/mol. The summed E-state index contributed by atoms with van der Waals surface area (Å²) in [6.07, 6.45) is 3.09. The van der Waals surface area contributed by atoms with Gasteiger partial charge in [-0.3, -0.25) is 9.69 Å². The quantitative estimate of drug-likeness (QED) is 0.700. The van der Waals surface area contributed by atoms with E-state index in [1.165, 1.54) is 14.6 Å². The number of amides is 1. The summed E-state index contributed by atoms with van der Waals surface area (Å²) in [5.41, 5.74) is 1.11. The molecule has 6 heteroatoms. The first-order valence-electron chi connectivity index (χ1n) is 9.15. The Morgan fingerprint density at radius 2 is 2.04 bits per heavy atom. The Labute approximate surface area is 161 Å². The normalized spacial score (nSPS) is 16.2. The van der Waals surface area contributed by atoms with Crippen LogP contribution >= 0.6 is 22.7 Å². The molecule has 1 amide bonds. The summed E-state index contributed by atoms with van der Waals surface area (Å²) < 4.78 is 1.27. The summed E-state index contributed by atoms with van der Waals surface area (Å²) in [6.45, 7) is 3.18. The van der Waals surface area contributed by atoms with Crippen LogP contribution in [0.2, 0.25) is 0 Å². The van der Waals surface area contributed by atoms with Gasteiger partial charge < -0.3 is 5.32 Å². The Kier molecular flexibility index (Phi) is 5.62. The molecule has 3 heterocycles. The molecule has 0 aliphatic carbocycles. The number of fused-ring (bicyclic) bond motifs is 1. The van der Waals surface area contributed by atoms with E-state index in [9.17, 15) is 4.79 Å². The molecule has 1 aliphatic heterocycles. The fourth-order valence-electron chi connectivity index (χ4n) is 3.44. The zero-order valence-corrected chi connectivity index (χ0v) is 16.3. The third-order valence-electron chi connectivity index (χ3n) is 4.89. The van der Waals surface area contributed by atoms with Crippen molar-refractivity contribution < 1.29 is 4.79 Å². The predicted octanol–water partition coefficient (Wildman–Crippen LogP) is 3.90. The van der Waals surface area contributed by atoms with E-state index in [1.54, 1.807) is 11.3 Å². The highest BCUT2D eigenvalue weighted by molar-refractivity contribution is 7.18. The van der Waals surface area contributed by atoms with Crippen molar-refractivity contribution in [3.05, 3.63) is 51.7 Å². The average molecular weight is 386 g/mol. The molecular weight excluding hydrogens is 362 g/mol. The number of thiophene rings is 1. The molecule has 0 atom stereocenters. The minimum Gasteiger partial charge on any atom is -0.355 e. The van der Waals surface area contributed by atoms with Gasteiger partial charge in [-0.15, -0.1) is 22.7 Å². The smallest absolute Gasteiger partial charge is 0.234 e. The van der Waals surface area contributed by atoms with Gasteiger partial charge >= 0.3 is 0 Å². The van der Waals surface area contributed by atoms with Crippen LogP contribution in [0.1, 0.15) is 28.6 Å². The largest absolute Gasteiger partial charge is 0.355 e. The molecule has 3 aromatic rings. The summed E-state index contributed by atoms with van der Waals surface area (Å²) in [4.78, 5) is 20.5. The molecule has 136 valence electrons. The number of hydrogen-bond donors (Lipinski definition) is 1. The molecule has 1 N–H and O–H groups in total. The van der Waals surface area contributed by atoms with E-state index in [0.29, 0.717) is 12.5 Å². The standard InChI is InChI=1S/C20H23N3OS2/c24-19(21-10-7-16-4-3-13-25-16)14-23-11-8-15(9-12-23)20-22-17-5-1-2-6-18(17)26-20/h1-6,13,15H,7-12,14H2,(H,21,24). The van der Waals surface area contributed by atoms with Crippen LogP contribution in [-0.4, -0.2) is 42.0 Å². The maximum absolute atomic E-state index is 12.1. The molecule has 0 saturated carbocycles. The number of hydrogen-bond acceptors (Lipinski definition) is 5. The summed E-state index contributed by atoms with van der Waals surface area (Å²) in [5, 5.41) is 6.38. The van der Waals surface area contributed by atoms with Crippen molar-refractivity contribution in [3.63, 3.8) is 0 Å². The number of likely N-dealkylation sites (tertiary alicyclic amines) is 1. The Bertz CT molecular complexity index is 818. The maximum Gasteiger partial charge on any atom is 0.234 e. The average Bonchev–Trinajstić information content (AvgIpc) is 3.31. The van der Waals surface area contributed by atoms with Crippen molar-refractivity contribution in [2.75, 3.05) is 26.2 Å². The molecule has 1 fully saturated rings. The lowest BCUT2D eigenvalue weighted by Gasteiger charge is -2.30. The van der Waals surface area contributed by atoms with Gasteiger partial charge in [0, 0.05) is 17.3 Å². The third kappa shape index (κ3) is 4.31. The number of piperidine rings is 1. The number of para-hydroxylation sites is 1. The van der Waals surface area contributed by atoms with Gasteiger partial charge in [0.1, 0.15) is 0 Å². The molecule has 1 aromatic carbocycles. The second kappa shape index (κ2) is 8.29. The first-order valence-corrected chi connectivity index (χ1v) is 10.8. The molecule has 0 spiro atoms. The SMILES string of the molecule is O=C(CN1CCC(c2nc3ccccc3s2)CC1)NCCc1cccs1. The Balaban J connectivity index is 1.22. The molecular formula is C20H23N3OS2. The van der Waals surface area contributed by atoms with Crippen molar-refractivity contribution in [2.24, 2.45) is 0 Å². The molecule has 4 rings (SSSR count). The summed E-state index contributed by atoms with van der Waals surface area (Å²) in [5.74, 6) is 0.672. The van der Waals surface area contributed by atoms with Gasteiger partial charge in [0.25, 0.3) is 0 Å². The third-order valence-corrected chi connectivity index (χ3v) is 7.02. The first kappa shape index (κ1) is 17.6. The van der Waals surface area contributed by atoms with Crippen molar-refractivity contribution in [3.8, 4) is 0 Å². The van der Waals surface area contributed by atoms with Crippen molar-refractivity contribution >= 4 is 38.8 Å². The van der Waals surface area contributed by atoms with Crippen LogP contribution < -0.4 is 5.32 Å². The predicted molar refractivity (Wildman–Crippen MR) is 109 cm³/mol. The maximum atomic E-state index is 12.1. The number of carbonyl (C=O) groups is 1. The molecule has 0 radical (unpaired) electrons. The van der Waals surface area contributed by atoms with E-state index in [4.69, 9.17) is 4.98 Å². The molecule has 1 saturated heterocycles. The highest BCUT2D eigenvalue weighted by Gasteiger charge is 2.24. The fraction of sp³-hybridized carbons (Fsp3) is 0.400. The summed E-state index contributed by atoms with van der Waals surface area (Å²) in [7, 11) is 0. The lowest BCUT2D eigenvalue weighted by atomic mass is 9.97. The van der Waals surface area contributed by atoms with Gasteiger partial charge in [0.05, 0.1) is 21.8 Å². The van der Waals surface area contributed by atoms with Crippen LogP contribution in [-0.2, 0) is 11.2 Å². The van der Waals surface area contributed by atoms with Crippen LogP contribution in [0, 0.1) is 0 Å². The van der Waals surface area contributed by atoms with Crippen LogP contribution in [0.3, 0.4) is 0 Å². The Hall–Kier alpha value is -1.76. The minimum atomic E-state index is 0.139. The summed E-state index contributed by atoms with van der Waals surface area (Å²) >= 11 is 3.56. The molecule has 26 heavy (non-hydrogen) atoms. The Morgan fingerprint density at radius 1 is 1.19 bits per heavy atom. The zero-order chi connectivity index (χ0) is 17.8. The van der Waals surface area contributed by atoms with Crippen molar-refractivity contribution in [2.45, 2.75) is 25.2 Å². The lowest BCUT2D eigenvalue weighted by molar-refractivity contribution is -0.122. The minimum absolute atomic E-state index is 0.139. The molecule has 2 aromatic heterocycles. The van der Waals surface area contributed by atoms with Crippen molar-refractivity contribution in [1.82, 2.24) is 15.2 Å². The molecule has 0 unspecified atom stereocenters. The van der Waals surface area contributed by atoms with Crippen LogP contribution in [0.5, 0.6) is 0 Å². The van der Waals surface area contributed by atoms with Gasteiger partial charge in [-0.05, 0) is 55.9 Å². The first-order chi connectivity index (χ1) is 12.8. The molecule has 1 aliphatic rings. The number of nitrogens with zero attached hydrogens (tertiary/aromatic N) is 2. The highest BCUT2D eigenvalue weighted by Crippen LogP contribution is 2.33. The highest BCUT2D eigenvalue weighted by atomic mass is 32.1. The van der Waals surface area contributed by atoms with Crippen LogP contribution in [0.25, 0.3) is 10.2 Å². The van der Waals surface area contributed by atoms with Crippen LogP contribution in [0.4, 0.5) is 0 Å². The number of thiazole rings is 1. The van der Waals surface area contributed by atoms with E-state index in [-0.39, 0.29) is 5.91 Å². The van der Waals surface area contributed by atoms with E-state index >= 15 is 0 Å². The number of nitrogens with one attached hydrogen (secondary N) is 1. The van der Waals surface area contributed by atoms with Crippen molar-refractivity contribution in [1.29, 1.82) is 0 Å². The molecule has 4 nitrogen and oxygen atoms in total. The second-order valence-electron chi connectivity index (χ2n) is 6.75. The number of benzene rings is 1. The Morgan fingerprint density at radius 3 is 2.81 bits per heavy atom. The topological polar surface area (TPSA) is 45.2 Å². The number of carbonyl (C=O) groups excluding carboxylic acids is 1. The second-order valence-corrected chi connectivity index (χ2v) is 8.84. The van der Waals surface area contributed by atoms with E-state index in [1.807, 2.05) is 17.4 Å². The van der Waals surface area contributed by atoms with E-state index in [0.717, 1.165) is 44.4 Å². The van der Waals surface area contributed by atoms with Gasteiger partial charge in [0.15, 0.2) is 0 Å².